The Labute approximate surface area is 110 Å². The van der Waals surface area contributed by atoms with Gasteiger partial charge in [-0.05, 0) is 24.6 Å². The number of fused-ring (bicyclic) bond motifs is 1. The fraction of sp³-hybridized carbons (Fsp3) is 0.571. The SMILES string of the molecule is CCCCCCNC1CS(=O)(=O)c2ccccc21. The summed E-state index contributed by atoms with van der Waals surface area (Å²) in [5.41, 5.74) is 0.938. The normalized spacial score (nSPS) is 20.8. The summed E-state index contributed by atoms with van der Waals surface area (Å²) in [6, 6.07) is 7.31. The van der Waals surface area contributed by atoms with Crippen molar-refractivity contribution in [3.63, 3.8) is 0 Å². The molecule has 0 amide bonds. The van der Waals surface area contributed by atoms with Gasteiger partial charge in [-0.25, -0.2) is 8.42 Å². The highest BCUT2D eigenvalue weighted by Gasteiger charge is 2.33. The minimum atomic E-state index is -3.06. The number of hydrogen-bond donors (Lipinski definition) is 1. The van der Waals surface area contributed by atoms with E-state index in [1.165, 1.54) is 19.3 Å². The summed E-state index contributed by atoms with van der Waals surface area (Å²) in [6.45, 7) is 3.09. The molecule has 0 aliphatic carbocycles. The van der Waals surface area contributed by atoms with Gasteiger partial charge in [0.25, 0.3) is 0 Å². The summed E-state index contributed by atoms with van der Waals surface area (Å²) in [7, 11) is -3.06. The van der Waals surface area contributed by atoms with Crippen LogP contribution in [0.1, 0.15) is 44.2 Å². The van der Waals surface area contributed by atoms with Crippen molar-refractivity contribution >= 4 is 9.84 Å². The maximum absolute atomic E-state index is 12.0. The van der Waals surface area contributed by atoms with E-state index >= 15 is 0 Å². The van der Waals surface area contributed by atoms with Crippen LogP contribution in [-0.2, 0) is 9.84 Å². The molecule has 4 heteroatoms. The van der Waals surface area contributed by atoms with Gasteiger partial charge in [0, 0.05) is 6.04 Å². The Morgan fingerprint density at radius 3 is 2.78 bits per heavy atom. The quantitative estimate of drug-likeness (QED) is 0.806. The molecule has 1 aromatic carbocycles. The zero-order valence-corrected chi connectivity index (χ0v) is 11.7. The smallest absolute Gasteiger partial charge is 0.180 e. The van der Waals surface area contributed by atoms with Crippen LogP contribution in [0.5, 0.6) is 0 Å². The molecule has 0 radical (unpaired) electrons. The third kappa shape index (κ3) is 2.93. The molecule has 1 unspecified atom stereocenters. The molecule has 1 aliphatic heterocycles. The average Bonchev–Trinajstić information content (AvgIpc) is 2.62. The summed E-state index contributed by atoms with van der Waals surface area (Å²) in [6.07, 6.45) is 4.80. The van der Waals surface area contributed by atoms with Crippen LogP contribution in [0.2, 0.25) is 0 Å². The predicted molar refractivity (Wildman–Crippen MR) is 73.4 cm³/mol. The molecular weight excluding hydrogens is 246 g/mol. The van der Waals surface area contributed by atoms with E-state index in [1.807, 2.05) is 12.1 Å². The monoisotopic (exact) mass is 267 g/mol. The van der Waals surface area contributed by atoms with Crippen molar-refractivity contribution in [1.82, 2.24) is 5.32 Å². The maximum Gasteiger partial charge on any atom is 0.180 e. The molecule has 1 aromatic rings. The second-order valence-electron chi connectivity index (χ2n) is 4.89. The van der Waals surface area contributed by atoms with Gasteiger partial charge in [0.2, 0.25) is 0 Å². The molecule has 0 bridgehead atoms. The molecular formula is C14H21NO2S. The Bertz CT molecular complexity index is 496. The Morgan fingerprint density at radius 1 is 1.22 bits per heavy atom. The lowest BCUT2D eigenvalue weighted by Gasteiger charge is -2.12. The van der Waals surface area contributed by atoms with Crippen molar-refractivity contribution in [2.75, 3.05) is 12.3 Å². The molecule has 0 fully saturated rings. The topological polar surface area (TPSA) is 46.2 Å². The highest BCUT2D eigenvalue weighted by Crippen LogP contribution is 2.32. The zero-order valence-electron chi connectivity index (χ0n) is 10.9. The standard InChI is InChI=1S/C14H21NO2S/c1-2-3-4-7-10-15-13-11-18(16,17)14-9-6-5-8-12(13)14/h5-6,8-9,13,15H,2-4,7,10-11H2,1H3. The number of rotatable bonds is 6. The number of nitrogens with one attached hydrogen (secondary N) is 1. The van der Waals surface area contributed by atoms with Crippen LogP contribution in [0.4, 0.5) is 0 Å². The lowest BCUT2D eigenvalue weighted by atomic mass is 10.1. The molecule has 1 atom stereocenters. The molecule has 18 heavy (non-hydrogen) atoms. The summed E-state index contributed by atoms with van der Waals surface area (Å²) in [5, 5.41) is 3.37. The third-order valence-electron chi connectivity index (χ3n) is 3.44. The van der Waals surface area contributed by atoms with Crippen molar-refractivity contribution in [3.05, 3.63) is 29.8 Å². The summed E-state index contributed by atoms with van der Waals surface area (Å²) < 4.78 is 23.9. The molecule has 0 saturated heterocycles. The van der Waals surface area contributed by atoms with E-state index < -0.39 is 9.84 Å². The van der Waals surface area contributed by atoms with Crippen LogP contribution >= 0.6 is 0 Å². The fourth-order valence-electron chi connectivity index (χ4n) is 2.45. The first-order valence-corrected chi connectivity index (χ1v) is 8.35. The highest BCUT2D eigenvalue weighted by molar-refractivity contribution is 7.91. The first kappa shape index (κ1) is 13.6. The van der Waals surface area contributed by atoms with Crippen LogP contribution in [-0.4, -0.2) is 20.7 Å². The average molecular weight is 267 g/mol. The largest absolute Gasteiger partial charge is 0.309 e. The first-order chi connectivity index (χ1) is 8.65. The molecule has 0 aromatic heterocycles. The molecule has 100 valence electrons. The van der Waals surface area contributed by atoms with Gasteiger partial charge >= 0.3 is 0 Å². The van der Waals surface area contributed by atoms with Crippen LogP contribution in [0.3, 0.4) is 0 Å². The van der Waals surface area contributed by atoms with Gasteiger partial charge in [0.15, 0.2) is 9.84 Å². The van der Waals surface area contributed by atoms with Gasteiger partial charge in [-0.1, -0.05) is 44.4 Å². The van der Waals surface area contributed by atoms with Gasteiger partial charge in [0.05, 0.1) is 10.6 Å². The summed E-state index contributed by atoms with van der Waals surface area (Å²) >= 11 is 0. The maximum atomic E-state index is 12.0. The summed E-state index contributed by atoms with van der Waals surface area (Å²) in [4.78, 5) is 0.510. The lowest BCUT2D eigenvalue weighted by molar-refractivity contribution is 0.536. The molecule has 3 nitrogen and oxygen atoms in total. The van der Waals surface area contributed by atoms with Crippen molar-refractivity contribution in [2.45, 2.75) is 43.5 Å². The van der Waals surface area contributed by atoms with Gasteiger partial charge in [-0.15, -0.1) is 0 Å². The van der Waals surface area contributed by atoms with Gasteiger partial charge in [-0.2, -0.15) is 0 Å². The first-order valence-electron chi connectivity index (χ1n) is 6.70. The van der Waals surface area contributed by atoms with E-state index in [2.05, 4.69) is 12.2 Å². The second kappa shape index (κ2) is 5.85. The van der Waals surface area contributed by atoms with Gasteiger partial charge in [-0.3, -0.25) is 0 Å². The van der Waals surface area contributed by atoms with Crippen molar-refractivity contribution in [1.29, 1.82) is 0 Å². The van der Waals surface area contributed by atoms with Crippen LogP contribution in [0, 0.1) is 0 Å². The summed E-state index contributed by atoms with van der Waals surface area (Å²) in [5.74, 6) is 0.208. The number of sulfone groups is 1. The van der Waals surface area contributed by atoms with Crippen molar-refractivity contribution in [2.24, 2.45) is 0 Å². The van der Waals surface area contributed by atoms with E-state index in [-0.39, 0.29) is 11.8 Å². The van der Waals surface area contributed by atoms with Crippen LogP contribution in [0.15, 0.2) is 29.2 Å². The Kier molecular flexibility index (Phi) is 4.40. The van der Waals surface area contributed by atoms with Crippen molar-refractivity contribution < 1.29 is 8.42 Å². The minimum absolute atomic E-state index is 0.0205. The van der Waals surface area contributed by atoms with E-state index in [9.17, 15) is 8.42 Å². The third-order valence-corrected chi connectivity index (χ3v) is 5.25. The van der Waals surface area contributed by atoms with E-state index in [0.717, 1.165) is 18.5 Å². The van der Waals surface area contributed by atoms with E-state index in [4.69, 9.17) is 0 Å². The molecule has 2 rings (SSSR count). The van der Waals surface area contributed by atoms with Crippen LogP contribution < -0.4 is 5.32 Å². The second-order valence-corrected chi connectivity index (χ2v) is 6.89. The fourth-order valence-corrected chi connectivity index (χ4v) is 4.22. The molecule has 1 N–H and O–H groups in total. The van der Waals surface area contributed by atoms with Gasteiger partial charge < -0.3 is 5.32 Å². The molecule has 0 spiro atoms. The Balaban J connectivity index is 1.96. The predicted octanol–water partition coefficient (Wildman–Crippen LogP) is 2.68. The van der Waals surface area contributed by atoms with Crippen molar-refractivity contribution in [3.8, 4) is 0 Å². The minimum Gasteiger partial charge on any atom is -0.309 e. The number of hydrogen-bond acceptors (Lipinski definition) is 3. The molecule has 1 aliphatic rings. The molecule has 1 heterocycles. The van der Waals surface area contributed by atoms with Crippen LogP contribution in [0.25, 0.3) is 0 Å². The Hall–Kier alpha value is -0.870. The van der Waals surface area contributed by atoms with E-state index in [1.54, 1.807) is 12.1 Å². The number of unbranched alkanes of at least 4 members (excludes halogenated alkanes) is 3. The highest BCUT2D eigenvalue weighted by atomic mass is 32.2. The Morgan fingerprint density at radius 2 is 2.00 bits per heavy atom. The number of benzene rings is 1. The lowest BCUT2D eigenvalue weighted by Crippen LogP contribution is -2.23. The van der Waals surface area contributed by atoms with Gasteiger partial charge in [0.1, 0.15) is 0 Å². The van der Waals surface area contributed by atoms with E-state index in [0.29, 0.717) is 4.90 Å². The molecule has 0 saturated carbocycles. The zero-order chi connectivity index (χ0) is 13.0.